The maximum Gasteiger partial charge on any atom is 0.310 e. The van der Waals surface area contributed by atoms with Gasteiger partial charge in [0, 0.05) is 17.7 Å². The molecule has 0 aliphatic rings. The van der Waals surface area contributed by atoms with E-state index in [1.54, 1.807) is 6.07 Å². The van der Waals surface area contributed by atoms with E-state index in [2.05, 4.69) is 0 Å². The third-order valence-electron chi connectivity index (χ3n) is 3.23. The highest BCUT2D eigenvalue weighted by Gasteiger charge is 2.16. The monoisotopic (exact) mass is 289 g/mol. The lowest BCUT2D eigenvalue weighted by Crippen LogP contribution is -2.07. The fourth-order valence-electron chi connectivity index (χ4n) is 1.96. The van der Waals surface area contributed by atoms with E-state index in [0.29, 0.717) is 11.1 Å². The number of nitro groups is 1. The summed E-state index contributed by atoms with van der Waals surface area (Å²) >= 11 is 0. The molecular weight excluding hydrogens is 277 g/mol. The summed E-state index contributed by atoms with van der Waals surface area (Å²) in [5, 5.41) is 19.6. The summed E-state index contributed by atoms with van der Waals surface area (Å²) in [5.41, 5.74) is 0.778. The molecule has 0 heterocycles. The Morgan fingerprint density at radius 1 is 1.29 bits per heavy atom. The van der Waals surface area contributed by atoms with Crippen LogP contribution in [0.1, 0.15) is 18.4 Å². The summed E-state index contributed by atoms with van der Waals surface area (Å²) in [6.45, 7) is 1.46. The Kier molecular flexibility index (Phi) is 3.98. The van der Waals surface area contributed by atoms with Crippen LogP contribution in [0.2, 0.25) is 0 Å². The van der Waals surface area contributed by atoms with Crippen molar-refractivity contribution in [1.29, 1.82) is 0 Å². The van der Waals surface area contributed by atoms with E-state index in [1.807, 2.05) is 0 Å². The van der Waals surface area contributed by atoms with Crippen LogP contribution < -0.4 is 0 Å². The molecule has 1 N–H and O–H groups in total. The van der Waals surface area contributed by atoms with Gasteiger partial charge < -0.3 is 5.11 Å². The van der Waals surface area contributed by atoms with Gasteiger partial charge in [-0.3, -0.25) is 14.9 Å². The molecule has 0 radical (unpaired) electrons. The molecule has 0 saturated heterocycles. The van der Waals surface area contributed by atoms with E-state index in [1.165, 1.54) is 37.3 Å². The van der Waals surface area contributed by atoms with Gasteiger partial charge in [-0.25, -0.2) is 4.39 Å². The van der Waals surface area contributed by atoms with Crippen LogP contribution in [-0.2, 0) is 4.79 Å². The predicted molar refractivity (Wildman–Crippen MR) is 74.5 cm³/mol. The largest absolute Gasteiger partial charge is 0.481 e. The van der Waals surface area contributed by atoms with Crippen LogP contribution >= 0.6 is 0 Å². The molecule has 5 nitrogen and oxygen atoms in total. The van der Waals surface area contributed by atoms with Gasteiger partial charge in [0.2, 0.25) is 0 Å². The Balaban J connectivity index is 2.44. The average molecular weight is 289 g/mol. The number of aliphatic carboxylic acids is 1. The number of carboxylic acids is 1. The molecule has 2 rings (SSSR count). The Morgan fingerprint density at radius 2 is 2.00 bits per heavy atom. The Morgan fingerprint density at radius 3 is 2.57 bits per heavy atom. The molecule has 0 aliphatic heterocycles. The van der Waals surface area contributed by atoms with Gasteiger partial charge in [-0.1, -0.05) is 24.3 Å². The van der Waals surface area contributed by atoms with Crippen molar-refractivity contribution in [1.82, 2.24) is 0 Å². The number of hydrogen-bond donors (Lipinski definition) is 1. The Bertz CT molecular complexity index is 715. The first-order valence-electron chi connectivity index (χ1n) is 6.17. The minimum atomic E-state index is -1.04. The maximum atomic E-state index is 14.1. The quantitative estimate of drug-likeness (QED) is 0.689. The van der Waals surface area contributed by atoms with Gasteiger partial charge in [0.15, 0.2) is 0 Å². The predicted octanol–water partition coefficient (Wildman–Crippen LogP) is 3.59. The molecule has 1 unspecified atom stereocenters. The highest BCUT2D eigenvalue weighted by atomic mass is 19.1. The number of non-ortho nitro benzene ring substituents is 1. The number of rotatable bonds is 4. The molecule has 1 atom stereocenters. The lowest BCUT2D eigenvalue weighted by atomic mass is 9.97. The summed E-state index contributed by atoms with van der Waals surface area (Å²) in [7, 11) is 0. The molecule has 2 aromatic rings. The molecule has 0 bridgehead atoms. The van der Waals surface area contributed by atoms with Gasteiger partial charge in [-0.05, 0) is 24.1 Å². The Labute approximate surface area is 119 Å². The smallest absolute Gasteiger partial charge is 0.310 e. The zero-order valence-electron chi connectivity index (χ0n) is 11.1. The zero-order valence-corrected chi connectivity index (χ0v) is 11.1. The highest BCUT2D eigenvalue weighted by molar-refractivity contribution is 5.76. The molecule has 0 aromatic heterocycles. The molecule has 0 amide bonds. The topological polar surface area (TPSA) is 80.4 Å². The van der Waals surface area contributed by atoms with Crippen molar-refractivity contribution in [2.75, 3.05) is 0 Å². The number of nitro benzene ring substituents is 1. The van der Waals surface area contributed by atoms with Crippen molar-refractivity contribution < 1.29 is 19.2 Å². The summed E-state index contributed by atoms with van der Waals surface area (Å²) in [6.07, 6.45) is 0. The number of carbonyl (C=O) groups is 1. The van der Waals surface area contributed by atoms with Crippen molar-refractivity contribution in [3.05, 3.63) is 64.0 Å². The van der Waals surface area contributed by atoms with Gasteiger partial charge in [0.25, 0.3) is 5.69 Å². The van der Waals surface area contributed by atoms with Crippen LogP contribution in [0.3, 0.4) is 0 Å². The minimum absolute atomic E-state index is 0.130. The van der Waals surface area contributed by atoms with Crippen molar-refractivity contribution in [2.45, 2.75) is 12.8 Å². The number of carboxylic acid groups (broad SMARTS) is 1. The summed E-state index contributed by atoms with van der Waals surface area (Å²) < 4.78 is 14.1. The molecule has 108 valence electrons. The molecule has 0 saturated carbocycles. The summed E-state index contributed by atoms with van der Waals surface area (Å²) in [4.78, 5) is 21.1. The lowest BCUT2D eigenvalue weighted by Gasteiger charge is -2.09. The Hall–Kier alpha value is -2.76. The first kappa shape index (κ1) is 14.6. The lowest BCUT2D eigenvalue weighted by molar-refractivity contribution is -0.384. The fourth-order valence-corrected chi connectivity index (χ4v) is 1.96. The van der Waals surface area contributed by atoms with Gasteiger partial charge in [0.05, 0.1) is 10.8 Å². The number of benzene rings is 2. The SMILES string of the molecule is CC(C(=O)O)c1ccc(-c2cccc([N+](=O)[O-])c2)c(F)c1. The molecule has 6 heteroatoms. The molecular formula is C15H12FNO4. The van der Waals surface area contributed by atoms with Crippen molar-refractivity contribution in [3.63, 3.8) is 0 Å². The van der Waals surface area contributed by atoms with E-state index in [0.717, 1.165) is 6.07 Å². The van der Waals surface area contributed by atoms with E-state index < -0.39 is 22.6 Å². The number of nitrogens with zero attached hydrogens (tertiary/aromatic N) is 1. The fraction of sp³-hybridized carbons (Fsp3) is 0.133. The molecule has 0 fully saturated rings. The van der Waals surface area contributed by atoms with E-state index in [9.17, 15) is 19.3 Å². The maximum absolute atomic E-state index is 14.1. The van der Waals surface area contributed by atoms with Gasteiger partial charge in [0.1, 0.15) is 5.82 Å². The number of hydrogen-bond acceptors (Lipinski definition) is 3. The second kappa shape index (κ2) is 5.70. The minimum Gasteiger partial charge on any atom is -0.481 e. The van der Waals surface area contributed by atoms with E-state index >= 15 is 0 Å². The molecule has 2 aromatic carbocycles. The highest BCUT2D eigenvalue weighted by Crippen LogP contribution is 2.28. The van der Waals surface area contributed by atoms with Crippen LogP contribution in [0.5, 0.6) is 0 Å². The summed E-state index contributed by atoms with van der Waals surface area (Å²) in [6, 6.07) is 9.72. The molecule has 0 aliphatic carbocycles. The van der Waals surface area contributed by atoms with Crippen LogP contribution in [-0.4, -0.2) is 16.0 Å². The zero-order chi connectivity index (χ0) is 15.6. The average Bonchev–Trinajstić information content (AvgIpc) is 2.46. The van der Waals surface area contributed by atoms with E-state index in [4.69, 9.17) is 5.11 Å². The third-order valence-corrected chi connectivity index (χ3v) is 3.23. The second-order valence-electron chi connectivity index (χ2n) is 4.61. The van der Waals surface area contributed by atoms with Gasteiger partial charge >= 0.3 is 5.97 Å². The normalized spacial score (nSPS) is 11.9. The molecule has 0 spiro atoms. The first-order chi connectivity index (χ1) is 9.90. The number of halogens is 1. The standard InChI is InChI=1S/C15H12FNO4/c1-9(15(18)19)10-5-6-13(14(16)8-10)11-3-2-4-12(7-11)17(20)21/h2-9H,1H3,(H,18,19). The first-order valence-corrected chi connectivity index (χ1v) is 6.17. The van der Waals surface area contributed by atoms with Crippen LogP contribution in [0.4, 0.5) is 10.1 Å². The van der Waals surface area contributed by atoms with Crippen molar-refractivity contribution in [2.24, 2.45) is 0 Å². The van der Waals surface area contributed by atoms with Crippen molar-refractivity contribution >= 4 is 11.7 Å². The van der Waals surface area contributed by atoms with Gasteiger partial charge in [-0.15, -0.1) is 0 Å². The second-order valence-corrected chi connectivity index (χ2v) is 4.61. The van der Waals surface area contributed by atoms with Gasteiger partial charge in [-0.2, -0.15) is 0 Å². The van der Waals surface area contributed by atoms with Crippen LogP contribution in [0, 0.1) is 15.9 Å². The summed E-state index contributed by atoms with van der Waals surface area (Å²) in [5.74, 6) is -2.47. The molecule has 21 heavy (non-hydrogen) atoms. The third kappa shape index (κ3) is 3.05. The van der Waals surface area contributed by atoms with Crippen molar-refractivity contribution in [3.8, 4) is 11.1 Å². The van der Waals surface area contributed by atoms with Crippen LogP contribution in [0.25, 0.3) is 11.1 Å². The van der Waals surface area contributed by atoms with E-state index in [-0.39, 0.29) is 11.3 Å². The van der Waals surface area contributed by atoms with Crippen LogP contribution in [0.15, 0.2) is 42.5 Å².